The normalized spacial score (nSPS) is 31.6. The van der Waals surface area contributed by atoms with Crippen LogP contribution in [0.5, 0.6) is 0 Å². The average Bonchev–Trinajstić information content (AvgIpc) is 3.29. The predicted molar refractivity (Wildman–Crippen MR) is 180 cm³/mol. The zero-order valence-corrected chi connectivity index (χ0v) is 30.3. The van der Waals surface area contributed by atoms with Gasteiger partial charge in [-0.05, 0) is 44.7 Å². The number of rotatable bonds is 8. The van der Waals surface area contributed by atoms with Crippen molar-refractivity contribution in [1.82, 2.24) is 0 Å². The summed E-state index contributed by atoms with van der Waals surface area (Å²) in [5.74, 6) is -8.01. The molecular weight excluding hydrogens is 648 g/mol. The maximum absolute atomic E-state index is 14.4. The molecule has 1 saturated carbocycles. The molecular formula is C38H50O12. The molecule has 0 heterocycles. The maximum atomic E-state index is 14.4. The molecule has 1 aromatic carbocycles. The molecule has 12 nitrogen and oxygen atoms in total. The highest BCUT2D eigenvalue weighted by Gasteiger charge is 2.64. The largest absolute Gasteiger partial charge is 0.462 e. The number of allylic oxidation sites excluding steroid dienone is 1. The van der Waals surface area contributed by atoms with Crippen molar-refractivity contribution in [3.63, 3.8) is 0 Å². The second kappa shape index (κ2) is 16.1. The summed E-state index contributed by atoms with van der Waals surface area (Å²) in [6.07, 6.45) is -4.20. The molecule has 2 aliphatic carbocycles. The number of carbonyl (C=O) groups is 6. The Balaban J connectivity index is 2.42. The SMILES string of the molecule is C=C1C(OC(=O)C(C)CC)C(OC(C)=O)C(=O)C(C)(C)C=CC(C)C(OC(=O)c2ccccc2)C2(O)CC(C)C(OC(C)=O)C2C1OC(C)=O. The van der Waals surface area contributed by atoms with Crippen LogP contribution < -0.4 is 0 Å². The quantitative estimate of drug-likeness (QED) is 0.226. The molecule has 10 unspecified atom stereocenters. The minimum absolute atomic E-state index is 0.0986. The first kappa shape index (κ1) is 40.1. The second-order valence-electron chi connectivity index (χ2n) is 14.1. The Kier molecular flexibility index (Phi) is 12.9. The first-order chi connectivity index (χ1) is 23.2. The van der Waals surface area contributed by atoms with Crippen molar-refractivity contribution >= 4 is 35.6 Å². The van der Waals surface area contributed by atoms with E-state index < -0.39 is 101 Å². The van der Waals surface area contributed by atoms with Gasteiger partial charge in [-0.2, -0.15) is 0 Å². The molecule has 12 heteroatoms. The minimum atomic E-state index is -2.08. The van der Waals surface area contributed by atoms with Crippen LogP contribution in [0.3, 0.4) is 0 Å². The molecule has 1 aromatic rings. The second-order valence-corrected chi connectivity index (χ2v) is 14.1. The Morgan fingerprint density at radius 2 is 1.44 bits per heavy atom. The van der Waals surface area contributed by atoms with E-state index in [2.05, 4.69) is 6.58 Å². The Labute approximate surface area is 293 Å². The first-order valence-corrected chi connectivity index (χ1v) is 16.9. The van der Waals surface area contributed by atoms with E-state index in [0.717, 1.165) is 13.8 Å². The van der Waals surface area contributed by atoms with Crippen LogP contribution in [0.2, 0.25) is 0 Å². The fraction of sp³-hybridized carbons (Fsp3) is 0.579. The highest BCUT2D eigenvalue weighted by molar-refractivity contribution is 5.93. The van der Waals surface area contributed by atoms with E-state index in [1.165, 1.54) is 6.92 Å². The molecule has 1 N–H and O–H groups in total. The lowest BCUT2D eigenvalue weighted by Crippen LogP contribution is -2.59. The summed E-state index contributed by atoms with van der Waals surface area (Å²) < 4.78 is 29.3. The van der Waals surface area contributed by atoms with E-state index >= 15 is 0 Å². The number of esters is 5. The third-order valence-electron chi connectivity index (χ3n) is 9.54. The number of hydrogen-bond donors (Lipinski definition) is 1. The number of ether oxygens (including phenoxy) is 5. The van der Waals surface area contributed by atoms with Gasteiger partial charge < -0.3 is 28.8 Å². The molecule has 1 fully saturated rings. The summed E-state index contributed by atoms with van der Waals surface area (Å²) in [6, 6.07) is 8.14. The van der Waals surface area contributed by atoms with Crippen LogP contribution in [0.15, 0.2) is 54.6 Å². The molecule has 50 heavy (non-hydrogen) atoms. The molecule has 274 valence electrons. The van der Waals surface area contributed by atoms with E-state index in [9.17, 15) is 33.9 Å². The van der Waals surface area contributed by atoms with Crippen LogP contribution >= 0.6 is 0 Å². The van der Waals surface area contributed by atoms with Crippen molar-refractivity contribution in [2.45, 2.75) is 111 Å². The number of Topliss-reactive ketones (excluding diaryl/α,β-unsaturated/α-hetero) is 1. The van der Waals surface area contributed by atoms with Crippen LogP contribution in [-0.4, -0.2) is 76.9 Å². The lowest BCUT2D eigenvalue weighted by molar-refractivity contribution is -0.185. The Hall–Kier alpha value is -4.32. The van der Waals surface area contributed by atoms with Crippen LogP contribution in [-0.2, 0) is 47.7 Å². The Morgan fingerprint density at radius 1 is 0.880 bits per heavy atom. The zero-order chi connectivity index (χ0) is 37.7. The molecule has 10 atom stereocenters. The van der Waals surface area contributed by atoms with Gasteiger partial charge in [-0.25, -0.2) is 4.79 Å². The lowest BCUT2D eigenvalue weighted by Gasteiger charge is -2.45. The van der Waals surface area contributed by atoms with Gasteiger partial charge in [-0.1, -0.05) is 64.6 Å². The van der Waals surface area contributed by atoms with Gasteiger partial charge in [-0.15, -0.1) is 0 Å². The topological polar surface area (TPSA) is 169 Å². The summed E-state index contributed by atoms with van der Waals surface area (Å²) in [5.41, 5.74) is -3.47. The van der Waals surface area contributed by atoms with Gasteiger partial charge in [0, 0.05) is 37.7 Å². The highest BCUT2D eigenvalue weighted by atomic mass is 16.6. The summed E-state index contributed by atoms with van der Waals surface area (Å²) in [6.45, 7) is 17.4. The average molecular weight is 699 g/mol. The van der Waals surface area contributed by atoms with Gasteiger partial charge in [0.05, 0.1) is 17.4 Å². The fourth-order valence-electron chi connectivity index (χ4n) is 6.78. The molecule has 0 spiro atoms. The summed E-state index contributed by atoms with van der Waals surface area (Å²) in [4.78, 5) is 79.2. The Bertz CT molecular complexity index is 1500. The molecule has 0 aliphatic heterocycles. The third kappa shape index (κ3) is 8.88. The van der Waals surface area contributed by atoms with Gasteiger partial charge in [0.2, 0.25) is 6.10 Å². The van der Waals surface area contributed by atoms with Gasteiger partial charge in [0.1, 0.15) is 23.9 Å². The van der Waals surface area contributed by atoms with Crippen molar-refractivity contribution in [3.8, 4) is 0 Å². The number of fused-ring (bicyclic) bond motifs is 1. The van der Waals surface area contributed by atoms with E-state index in [4.69, 9.17) is 23.7 Å². The van der Waals surface area contributed by atoms with Crippen molar-refractivity contribution in [2.75, 3.05) is 0 Å². The smallest absolute Gasteiger partial charge is 0.338 e. The number of hydrogen-bond acceptors (Lipinski definition) is 12. The van der Waals surface area contributed by atoms with Crippen LogP contribution in [0.4, 0.5) is 0 Å². The standard InChI is InChI=1S/C38H50O12/c1-11-20(2)35(43)49-31-23(5)30(47-25(7)40)28-29(46-24(6)39)22(4)19-38(28,45)34(50-36(44)27-15-13-12-14-16-27)21(3)17-18-37(9,10)33(42)32(31)48-26(8)41/h12-18,20-22,28-32,34,45H,5,11,19H2,1-4,6-10H3. The number of aliphatic hydroxyl groups is 1. The summed E-state index contributed by atoms with van der Waals surface area (Å²) >= 11 is 0. The fourth-order valence-corrected chi connectivity index (χ4v) is 6.78. The van der Waals surface area contributed by atoms with E-state index in [-0.39, 0.29) is 17.6 Å². The summed E-state index contributed by atoms with van der Waals surface area (Å²) in [7, 11) is 0. The van der Waals surface area contributed by atoms with Gasteiger partial charge >= 0.3 is 29.8 Å². The van der Waals surface area contributed by atoms with Crippen LogP contribution in [0, 0.1) is 29.1 Å². The van der Waals surface area contributed by atoms with Crippen LogP contribution in [0.25, 0.3) is 0 Å². The number of benzene rings is 1. The molecule has 2 aliphatic rings. The molecule has 0 bridgehead atoms. The van der Waals surface area contributed by atoms with E-state index in [1.54, 1.807) is 84.0 Å². The first-order valence-electron chi connectivity index (χ1n) is 16.9. The van der Waals surface area contributed by atoms with E-state index in [1.807, 2.05) is 0 Å². The molecule has 0 aromatic heterocycles. The number of ketones is 1. The highest BCUT2D eigenvalue weighted by Crippen LogP contribution is 2.51. The van der Waals surface area contributed by atoms with Crippen molar-refractivity contribution in [1.29, 1.82) is 0 Å². The van der Waals surface area contributed by atoms with Gasteiger partial charge in [-0.3, -0.25) is 24.0 Å². The monoisotopic (exact) mass is 698 g/mol. The van der Waals surface area contributed by atoms with Crippen molar-refractivity contribution in [3.05, 3.63) is 60.2 Å². The van der Waals surface area contributed by atoms with E-state index in [0.29, 0.717) is 6.42 Å². The minimum Gasteiger partial charge on any atom is -0.462 e. The lowest BCUT2D eigenvalue weighted by atomic mass is 9.72. The molecule has 0 saturated heterocycles. The van der Waals surface area contributed by atoms with Gasteiger partial charge in [0.25, 0.3) is 0 Å². The van der Waals surface area contributed by atoms with Gasteiger partial charge in [0.15, 0.2) is 11.9 Å². The van der Waals surface area contributed by atoms with Crippen molar-refractivity contribution in [2.24, 2.45) is 29.1 Å². The van der Waals surface area contributed by atoms with Crippen LogP contribution in [0.1, 0.15) is 85.5 Å². The molecule has 0 amide bonds. The van der Waals surface area contributed by atoms with Crippen molar-refractivity contribution < 1.29 is 57.6 Å². The number of carbonyl (C=O) groups excluding carboxylic acids is 6. The molecule has 3 rings (SSSR count). The summed E-state index contributed by atoms with van der Waals surface area (Å²) in [5, 5.41) is 13.0. The predicted octanol–water partition coefficient (Wildman–Crippen LogP) is 4.71. The maximum Gasteiger partial charge on any atom is 0.338 e. The Morgan fingerprint density at radius 3 is 1.98 bits per heavy atom. The zero-order valence-electron chi connectivity index (χ0n) is 30.3. The molecule has 0 radical (unpaired) electrons. The third-order valence-corrected chi connectivity index (χ3v) is 9.54.